The zero-order valence-electron chi connectivity index (χ0n) is 12.2. The molecule has 1 atom stereocenters. The van der Waals surface area contributed by atoms with Crippen LogP contribution in [0.3, 0.4) is 0 Å². The molecule has 0 unspecified atom stereocenters. The fourth-order valence-corrected chi connectivity index (χ4v) is 3.25. The molecule has 0 fully saturated rings. The summed E-state index contributed by atoms with van der Waals surface area (Å²) >= 11 is 0. The van der Waals surface area contributed by atoms with Crippen LogP contribution in [0.15, 0.2) is 33.7 Å². The Kier molecular flexibility index (Phi) is 4.29. The minimum Gasteiger partial charge on any atom is -0.466 e. The molecule has 0 amide bonds. The van der Waals surface area contributed by atoms with Crippen molar-refractivity contribution in [2.75, 3.05) is 0 Å². The van der Waals surface area contributed by atoms with Crippen molar-refractivity contribution < 1.29 is 17.8 Å². The molecule has 0 aliphatic rings. The monoisotopic (exact) mass is 325 g/mol. The maximum Gasteiger partial charge on any atom is 0.363 e. The summed E-state index contributed by atoms with van der Waals surface area (Å²) in [4.78, 5) is 13.2. The van der Waals surface area contributed by atoms with E-state index in [1.54, 1.807) is 26.8 Å². The van der Waals surface area contributed by atoms with Gasteiger partial charge in [0, 0.05) is 17.7 Å². The molecule has 0 aromatic carbocycles. The Morgan fingerprint density at radius 2 is 2.05 bits per heavy atom. The largest absolute Gasteiger partial charge is 0.466 e. The van der Waals surface area contributed by atoms with E-state index in [1.807, 2.05) is 0 Å². The van der Waals surface area contributed by atoms with Gasteiger partial charge in [0.15, 0.2) is 6.20 Å². The van der Waals surface area contributed by atoms with Gasteiger partial charge < -0.3 is 14.5 Å². The second-order valence-corrected chi connectivity index (χ2v) is 6.53. The predicted octanol–water partition coefficient (Wildman–Crippen LogP) is 2.24. The molecular formula is C13H15N3O5S. The number of aromatic nitrogens is 1. The van der Waals surface area contributed by atoms with E-state index in [4.69, 9.17) is 4.42 Å². The van der Waals surface area contributed by atoms with Gasteiger partial charge >= 0.3 is 5.82 Å². The molecule has 0 radical (unpaired) electrons. The lowest BCUT2D eigenvalue weighted by atomic mass is 10.1. The highest BCUT2D eigenvalue weighted by molar-refractivity contribution is 7.89. The van der Waals surface area contributed by atoms with Crippen molar-refractivity contribution in [2.45, 2.75) is 31.7 Å². The van der Waals surface area contributed by atoms with Gasteiger partial charge in [-0.05, 0) is 42.8 Å². The van der Waals surface area contributed by atoms with Crippen molar-refractivity contribution in [3.05, 3.63) is 51.6 Å². The van der Waals surface area contributed by atoms with Crippen molar-refractivity contribution in [1.82, 2.24) is 9.71 Å². The van der Waals surface area contributed by atoms with Crippen LogP contribution in [0.5, 0.6) is 0 Å². The number of rotatable bonds is 5. The zero-order chi connectivity index (χ0) is 16.5. The molecule has 1 N–H and O–H groups in total. The Morgan fingerprint density at radius 3 is 2.50 bits per heavy atom. The lowest BCUT2D eigenvalue weighted by Gasteiger charge is -2.12. The molecule has 22 heavy (non-hydrogen) atoms. The molecule has 0 saturated heterocycles. The predicted molar refractivity (Wildman–Crippen MR) is 77.8 cm³/mol. The first kappa shape index (κ1) is 16.1. The Labute approximate surface area is 127 Å². The first-order chi connectivity index (χ1) is 10.2. The molecule has 0 aliphatic heterocycles. The summed E-state index contributed by atoms with van der Waals surface area (Å²) < 4.78 is 32.4. The van der Waals surface area contributed by atoms with Crippen LogP contribution in [-0.4, -0.2) is 18.3 Å². The minimum atomic E-state index is -3.83. The summed E-state index contributed by atoms with van der Waals surface area (Å²) in [6.45, 7) is 5.21. The van der Waals surface area contributed by atoms with E-state index < -0.39 is 26.8 Å². The second kappa shape index (κ2) is 5.85. The molecule has 0 bridgehead atoms. The summed E-state index contributed by atoms with van der Waals surface area (Å²) in [5.41, 5.74) is 0.732. The lowest BCUT2D eigenvalue weighted by Crippen LogP contribution is -2.27. The lowest BCUT2D eigenvalue weighted by molar-refractivity contribution is -0.389. The zero-order valence-corrected chi connectivity index (χ0v) is 13.0. The highest BCUT2D eigenvalue weighted by Gasteiger charge is 2.23. The van der Waals surface area contributed by atoms with E-state index in [0.29, 0.717) is 11.5 Å². The topological polar surface area (TPSA) is 115 Å². The number of pyridine rings is 1. The number of furan rings is 1. The van der Waals surface area contributed by atoms with Gasteiger partial charge in [-0.2, -0.15) is 0 Å². The highest BCUT2D eigenvalue weighted by atomic mass is 32.2. The van der Waals surface area contributed by atoms with Crippen molar-refractivity contribution in [3.63, 3.8) is 0 Å². The fourth-order valence-electron chi connectivity index (χ4n) is 2.08. The molecule has 0 saturated carbocycles. The molecule has 8 nitrogen and oxygen atoms in total. The maximum atomic E-state index is 12.3. The molecule has 2 rings (SSSR count). The van der Waals surface area contributed by atoms with Crippen LogP contribution in [0.25, 0.3) is 0 Å². The van der Waals surface area contributed by atoms with Crippen LogP contribution in [0.1, 0.15) is 30.0 Å². The molecule has 9 heteroatoms. The van der Waals surface area contributed by atoms with Gasteiger partial charge in [-0.25, -0.2) is 13.1 Å². The average molecular weight is 325 g/mol. The van der Waals surface area contributed by atoms with Crippen LogP contribution >= 0.6 is 0 Å². The Morgan fingerprint density at radius 1 is 1.36 bits per heavy atom. The fraction of sp³-hybridized carbons (Fsp3) is 0.308. The summed E-state index contributed by atoms with van der Waals surface area (Å²) in [5.74, 6) is 0.915. The second-order valence-electron chi connectivity index (χ2n) is 4.82. The van der Waals surface area contributed by atoms with E-state index in [-0.39, 0.29) is 4.90 Å². The van der Waals surface area contributed by atoms with Gasteiger partial charge in [0.1, 0.15) is 16.4 Å². The quantitative estimate of drug-likeness (QED) is 0.666. The molecule has 2 aromatic heterocycles. The summed E-state index contributed by atoms with van der Waals surface area (Å²) in [6.07, 6.45) is 0.959. The molecule has 118 valence electrons. The third kappa shape index (κ3) is 3.31. The van der Waals surface area contributed by atoms with Crippen molar-refractivity contribution in [3.8, 4) is 0 Å². The number of sulfonamides is 1. The number of nitrogens with zero attached hydrogens (tertiary/aromatic N) is 2. The Hall–Kier alpha value is -2.26. The molecule has 0 spiro atoms. The Bertz CT molecular complexity index is 796. The van der Waals surface area contributed by atoms with Crippen LogP contribution in [0.2, 0.25) is 0 Å². The summed E-state index contributed by atoms with van der Waals surface area (Å²) in [7, 11) is -3.83. The number of hydrogen-bond donors (Lipinski definition) is 1. The molecular weight excluding hydrogens is 310 g/mol. The van der Waals surface area contributed by atoms with Crippen LogP contribution in [0, 0.1) is 24.0 Å². The number of nitro groups is 1. The van der Waals surface area contributed by atoms with Gasteiger partial charge in [0.25, 0.3) is 0 Å². The Balaban J connectivity index is 2.23. The smallest absolute Gasteiger partial charge is 0.363 e. The van der Waals surface area contributed by atoms with Gasteiger partial charge in [-0.1, -0.05) is 0 Å². The first-order valence-electron chi connectivity index (χ1n) is 6.40. The van der Waals surface area contributed by atoms with Gasteiger partial charge in [-0.3, -0.25) is 0 Å². The number of hydrogen-bond acceptors (Lipinski definition) is 6. The third-order valence-corrected chi connectivity index (χ3v) is 4.62. The molecule has 2 aromatic rings. The number of nitrogens with one attached hydrogen (secondary N) is 1. The van der Waals surface area contributed by atoms with Crippen molar-refractivity contribution in [2.24, 2.45) is 0 Å². The maximum absolute atomic E-state index is 12.3. The van der Waals surface area contributed by atoms with Crippen molar-refractivity contribution >= 4 is 15.8 Å². The average Bonchev–Trinajstić information content (AvgIpc) is 2.77. The van der Waals surface area contributed by atoms with Crippen LogP contribution < -0.4 is 4.72 Å². The van der Waals surface area contributed by atoms with E-state index in [1.165, 1.54) is 0 Å². The highest BCUT2D eigenvalue weighted by Crippen LogP contribution is 2.23. The van der Waals surface area contributed by atoms with Gasteiger partial charge in [0.2, 0.25) is 10.0 Å². The summed E-state index contributed by atoms with van der Waals surface area (Å²) in [5, 5.41) is 10.5. The van der Waals surface area contributed by atoms with E-state index in [2.05, 4.69) is 9.71 Å². The van der Waals surface area contributed by atoms with Crippen LogP contribution in [0.4, 0.5) is 5.82 Å². The van der Waals surface area contributed by atoms with Gasteiger partial charge in [0.05, 0.1) is 0 Å². The summed E-state index contributed by atoms with van der Waals surface area (Å²) in [6, 6.07) is 3.45. The standard InChI is InChI=1S/C13H15N3O5S/c1-8-6-12(10(3)21-8)9(2)15-22(19,20)11-4-5-13(14-7-11)16(17)18/h4-7,9,15H,1-3H3/t9-/m1/s1. The number of aryl methyl sites for hydroxylation is 2. The molecule has 2 heterocycles. The third-order valence-electron chi connectivity index (χ3n) is 3.10. The van der Waals surface area contributed by atoms with Crippen molar-refractivity contribution in [1.29, 1.82) is 0 Å². The normalized spacial score (nSPS) is 13.0. The van der Waals surface area contributed by atoms with Gasteiger partial charge in [-0.15, -0.1) is 0 Å². The van der Waals surface area contributed by atoms with Crippen LogP contribution in [-0.2, 0) is 10.0 Å². The molecule has 0 aliphatic carbocycles. The first-order valence-corrected chi connectivity index (χ1v) is 7.88. The van der Waals surface area contributed by atoms with E-state index in [0.717, 1.165) is 23.9 Å². The minimum absolute atomic E-state index is 0.136. The van der Waals surface area contributed by atoms with E-state index >= 15 is 0 Å². The SMILES string of the molecule is Cc1cc([C@@H](C)NS(=O)(=O)c2ccc([N+](=O)[O-])nc2)c(C)o1. The van der Waals surface area contributed by atoms with E-state index in [9.17, 15) is 18.5 Å².